The third-order valence-corrected chi connectivity index (χ3v) is 2.67. The number of rotatable bonds is 3. The molecule has 0 bridgehead atoms. The normalized spacial score (nSPS) is 10.2. The van der Waals surface area contributed by atoms with E-state index < -0.39 is 0 Å². The Kier molecular flexibility index (Phi) is 3.23. The molecule has 4 nitrogen and oxygen atoms in total. The molecule has 88 valence electrons. The van der Waals surface area contributed by atoms with Gasteiger partial charge >= 0.3 is 5.69 Å². The van der Waals surface area contributed by atoms with Gasteiger partial charge in [0.1, 0.15) is 5.75 Å². The van der Waals surface area contributed by atoms with Crippen molar-refractivity contribution in [3.63, 3.8) is 0 Å². The highest BCUT2D eigenvalue weighted by Gasteiger charge is 2.04. The second-order valence-electron chi connectivity index (χ2n) is 3.69. The van der Waals surface area contributed by atoms with Crippen molar-refractivity contribution in [2.45, 2.75) is 13.3 Å². The van der Waals surface area contributed by atoms with Crippen LogP contribution in [0.4, 0.5) is 0 Å². The van der Waals surface area contributed by atoms with E-state index in [9.17, 15) is 4.79 Å². The van der Waals surface area contributed by atoms with Gasteiger partial charge in [0, 0.05) is 18.0 Å². The van der Waals surface area contributed by atoms with E-state index >= 15 is 0 Å². The number of methoxy groups -OCH3 is 1. The van der Waals surface area contributed by atoms with Crippen LogP contribution < -0.4 is 10.4 Å². The van der Waals surface area contributed by atoms with Gasteiger partial charge in [-0.1, -0.05) is 13.0 Å². The summed E-state index contributed by atoms with van der Waals surface area (Å²) < 4.78 is 5.27. The molecule has 0 amide bonds. The van der Waals surface area contributed by atoms with Crippen LogP contribution in [-0.4, -0.2) is 17.1 Å². The highest BCUT2D eigenvalue weighted by Crippen LogP contribution is 2.25. The van der Waals surface area contributed by atoms with Crippen molar-refractivity contribution < 1.29 is 4.74 Å². The SMILES string of the molecule is CCc1cc(-c2cnc(=O)[nH]c2)ccc1OC. The molecule has 0 aliphatic heterocycles. The van der Waals surface area contributed by atoms with Crippen LogP contribution in [0.25, 0.3) is 11.1 Å². The third-order valence-electron chi connectivity index (χ3n) is 2.67. The minimum absolute atomic E-state index is 0.335. The molecular weight excluding hydrogens is 216 g/mol. The average Bonchev–Trinajstić information content (AvgIpc) is 2.39. The molecule has 0 aliphatic rings. The van der Waals surface area contributed by atoms with E-state index in [4.69, 9.17) is 4.74 Å². The van der Waals surface area contributed by atoms with Crippen molar-refractivity contribution in [2.24, 2.45) is 0 Å². The molecule has 2 rings (SSSR count). The van der Waals surface area contributed by atoms with Gasteiger partial charge in [0.05, 0.1) is 7.11 Å². The number of ether oxygens (including phenoxy) is 1. The summed E-state index contributed by atoms with van der Waals surface area (Å²) in [7, 11) is 1.66. The zero-order valence-corrected chi connectivity index (χ0v) is 9.86. The average molecular weight is 230 g/mol. The van der Waals surface area contributed by atoms with E-state index in [0.717, 1.165) is 28.9 Å². The van der Waals surface area contributed by atoms with Gasteiger partial charge in [-0.05, 0) is 29.7 Å². The van der Waals surface area contributed by atoms with Gasteiger partial charge in [-0.3, -0.25) is 0 Å². The Labute approximate surface area is 99.3 Å². The van der Waals surface area contributed by atoms with Gasteiger partial charge in [-0.2, -0.15) is 0 Å². The van der Waals surface area contributed by atoms with Crippen LogP contribution in [0.5, 0.6) is 5.75 Å². The number of H-pyrrole nitrogens is 1. The predicted octanol–water partition coefficient (Wildman–Crippen LogP) is 2.01. The lowest BCUT2D eigenvalue weighted by molar-refractivity contribution is 0.410. The predicted molar refractivity (Wildman–Crippen MR) is 66.2 cm³/mol. The fourth-order valence-corrected chi connectivity index (χ4v) is 1.73. The number of aryl methyl sites for hydroxylation is 1. The minimum atomic E-state index is -0.335. The topological polar surface area (TPSA) is 55.0 Å². The number of nitrogens with zero attached hydrogens (tertiary/aromatic N) is 1. The molecule has 1 heterocycles. The molecule has 2 aromatic rings. The van der Waals surface area contributed by atoms with E-state index in [1.165, 1.54) is 0 Å². The zero-order chi connectivity index (χ0) is 12.3. The van der Waals surface area contributed by atoms with Crippen molar-refractivity contribution in [1.29, 1.82) is 0 Å². The Bertz CT molecular complexity index is 555. The zero-order valence-electron chi connectivity index (χ0n) is 9.86. The van der Waals surface area contributed by atoms with Crippen molar-refractivity contribution in [1.82, 2.24) is 9.97 Å². The fourth-order valence-electron chi connectivity index (χ4n) is 1.73. The van der Waals surface area contributed by atoms with E-state index in [1.807, 2.05) is 18.2 Å². The van der Waals surface area contributed by atoms with Gasteiger partial charge in [-0.15, -0.1) is 0 Å². The Morgan fingerprint density at radius 3 is 2.76 bits per heavy atom. The molecule has 4 heteroatoms. The molecule has 0 fully saturated rings. The Balaban J connectivity index is 2.46. The number of hydrogen-bond donors (Lipinski definition) is 1. The molecule has 1 N–H and O–H groups in total. The van der Waals surface area contributed by atoms with Crippen molar-refractivity contribution >= 4 is 0 Å². The van der Waals surface area contributed by atoms with E-state index in [0.29, 0.717) is 0 Å². The number of aromatic nitrogens is 2. The van der Waals surface area contributed by atoms with Crippen LogP contribution in [0, 0.1) is 0 Å². The smallest absolute Gasteiger partial charge is 0.344 e. The minimum Gasteiger partial charge on any atom is -0.496 e. The number of hydrogen-bond acceptors (Lipinski definition) is 3. The van der Waals surface area contributed by atoms with Gasteiger partial charge in [0.15, 0.2) is 0 Å². The number of aromatic amines is 1. The second kappa shape index (κ2) is 4.82. The maximum Gasteiger partial charge on any atom is 0.344 e. The Morgan fingerprint density at radius 2 is 2.18 bits per heavy atom. The summed E-state index contributed by atoms with van der Waals surface area (Å²) in [6.45, 7) is 2.08. The molecule has 0 saturated carbocycles. The molecule has 0 unspecified atom stereocenters. The standard InChI is InChI=1S/C13H14N2O2/c1-3-9-6-10(4-5-12(9)17-2)11-7-14-13(16)15-8-11/h4-8H,3H2,1-2H3,(H,14,15,16). The van der Waals surface area contributed by atoms with Crippen LogP contribution in [0.2, 0.25) is 0 Å². The second-order valence-corrected chi connectivity index (χ2v) is 3.69. The number of benzene rings is 1. The summed E-state index contributed by atoms with van der Waals surface area (Å²) in [5, 5.41) is 0. The third kappa shape index (κ3) is 2.36. The molecule has 0 saturated heterocycles. The molecule has 0 aliphatic carbocycles. The van der Waals surface area contributed by atoms with Crippen LogP contribution in [0.15, 0.2) is 35.4 Å². The maximum absolute atomic E-state index is 10.9. The van der Waals surface area contributed by atoms with Crippen molar-refractivity contribution in [2.75, 3.05) is 7.11 Å². The highest BCUT2D eigenvalue weighted by atomic mass is 16.5. The van der Waals surface area contributed by atoms with Gasteiger partial charge in [-0.25, -0.2) is 9.78 Å². The summed E-state index contributed by atoms with van der Waals surface area (Å²) in [5.74, 6) is 0.883. The summed E-state index contributed by atoms with van der Waals surface area (Å²) in [6.07, 6.45) is 4.13. The Hall–Kier alpha value is -2.10. The fraction of sp³-hybridized carbons (Fsp3) is 0.231. The van der Waals surface area contributed by atoms with Crippen LogP contribution >= 0.6 is 0 Å². The van der Waals surface area contributed by atoms with E-state index in [1.54, 1.807) is 19.5 Å². The largest absolute Gasteiger partial charge is 0.496 e. The molecule has 1 aromatic carbocycles. The molecule has 0 radical (unpaired) electrons. The lowest BCUT2D eigenvalue weighted by Crippen LogP contribution is -2.07. The lowest BCUT2D eigenvalue weighted by atomic mass is 10.0. The highest BCUT2D eigenvalue weighted by molar-refractivity contribution is 5.64. The molecule has 17 heavy (non-hydrogen) atoms. The monoisotopic (exact) mass is 230 g/mol. The lowest BCUT2D eigenvalue weighted by Gasteiger charge is -2.08. The van der Waals surface area contributed by atoms with Crippen molar-refractivity contribution in [3.8, 4) is 16.9 Å². The van der Waals surface area contributed by atoms with E-state index in [-0.39, 0.29) is 5.69 Å². The van der Waals surface area contributed by atoms with Gasteiger partial charge in [0.25, 0.3) is 0 Å². The first-order valence-electron chi connectivity index (χ1n) is 5.46. The van der Waals surface area contributed by atoms with Gasteiger partial charge < -0.3 is 9.72 Å². The summed E-state index contributed by atoms with van der Waals surface area (Å²) in [4.78, 5) is 17.2. The Morgan fingerprint density at radius 1 is 1.35 bits per heavy atom. The van der Waals surface area contributed by atoms with Gasteiger partial charge in [0.2, 0.25) is 0 Å². The number of nitrogens with one attached hydrogen (secondary N) is 1. The maximum atomic E-state index is 10.9. The van der Waals surface area contributed by atoms with E-state index in [2.05, 4.69) is 16.9 Å². The molecular formula is C13H14N2O2. The van der Waals surface area contributed by atoms with Crippen LogP contribution in [0.1, 0.15) is 12.5 Å². The summed E-state index contributed by atoms with van der Waals surface area (Å²) in [5.41, 5.74) is 2.71. The summed E-state index contributed by atoms with van der Waals surface area (Å²) >= 11 is 0. The first-order chi connectivity index (χ1) is 8.24. The van der Waals surface area contributed by atoms with Crippen LogP contribution in [0.3, 0.4) is 0 Å². The molecule has 0 atom stereocenters. The summed E-state index contributed by atoms with van der Waals surface area (Å²) in [6, 6.07) is 5.93. The molecule has 1 aromatic heterocycles. The van der Waals surface area contributed by atoms with Crippen LogP contribution in [-0.2, 0) is 6.42 Å². The molecule has 0 spiro atoms. The van der Waals surface area contributed by atoms with Crippen molar-refractivity contribution in [3.05, 3.63) is 46.6 Å². The first kappa shape index (κ1) is 11.4. The first-order valence-corrected chi connectivity index (χ1v) is 5.46. The quantitative estimate of drug-likeness (QED) is 0.877.